The molecule has 3 N–H and O–H groups in total. The molecule has 1 aromatic heterocycles. The van der Waals surface area contributed by atoms with Crippen molar-refractivity contribution in [1.82, 2.24) is 4.98 Å². The molecule has 5 heteroatoms. The summed E-state index contributed by atoms with van der Waals surface area (Å²) in [5, 5.41) is 2.90. The molecule has 0 aromatic carbocycles. The lowest BCUT2D eigenvalue weighted by Gasteiger charge is -2.23. The molecule has 0 amide bonds. The normalized spacial score (nSPS) is 13.1. The Labute approximate surface area is 125 Å². The number of nitrogens with two attached hydrogens (primary N) is 1. The molecule has 1 unspecified atom stereocenters. The topological polar surface area (TPSA) is 63.3 Å². The molecular formula is C13H19IN4. The molecule has 1 aromatic rings. The van der Waals surface area contributed by atoms with Crippen LogP contribution in [0.4, 0.5) is 5.82 Å². The summed E-state index contributed by atoms with van der Waals surface area (Å²) in [4.78, 5) is 8.36. The third-order valence-electron chi connectivity index (χ3n) is 2.17. The Morgan fingerprint density at radius 2 is 2.17 bits per heavy atom. The lowest BCUT2D eigenvalue weighted by atomic mass is 9.88. The third-order valence-corrected chi connectivity index (χ3v) is 2.17. The van der Waals surface area contributed by atoms with Crippen LogP contribution < -0.4 is 11.1 Å². The molecule has 0 fully saturated rings. The summed E-state index contributed by atoms with van der Waals surface area (Å²) in [7, 11) is 0. The first kappa shape index (κ1) is 16.7. The number of hydrogen-bond acceptors (Lipinski definition) is 2. The van der Waals surface area contributed by atoms with Gasteiger partial charge in [-0.1, -0.05) is 32.8 Å². The Balaban J connectivity index is 0.00000289. The van der Waals surface area contributed by atoms with E-state index in [9.17, 15) is 0 Å². The van der Waals surface area contributed by atoms with Gasteiger partial charge in [-0.25, -0.2) is 9.98 Å². The van der Waals surface area contributed by atoms with Crippen molar-refractivity contribution in [3.8, 4) is 12.3 Å². The minimum absolute atomic E-state index is 0. The quantitative estimate of drug-likeness (QED) is 0.370. The number of pyridine rings is 1. The predicted octanol–water partition coefficient (Wildman–Crippen LogP) is 2.47. The van der Waals surface area contributed by atoms with Crippen LogP contribution in [-0.2, 0) is 0 Å². The Morgan fingerprint density at radius 1 is 1.50 bits per heavy atom. The maximum atomic E-state index is 5.78. The fourth-order valence-electron chi connectivity index (χ4n) is 1.22. The Hall–Kier alpha value is -1.29. The molecule has 0 radical (unpaired) electrons. The Bertz CT molecular complexity index is 429. The fraction of sp³-hybridized carbons (Fsp3) is 0.385. The average Bonchev–Trinajstić information content (AvgIpc) is 2.25. The smallest absolute Gasteiger partial charge is 0.195 e. The molecule has 98 valence electrons. The van der Waals surface area contributed by atoms with Crippen molar-refractivity contribution in [2.45, 2.75) is 26.8 Å². The molecule has 4 nitrogen and oxygen atoms in total. The van der Waals surface area contributed by atoms with Crippen molar-refractivity contribution in [3.63, 3.8) is 0 Å². The number of nitrogens with one attached hydrogen (secondary N) is 1. The van der Waals surface area contributed by atoms with E-state index >= 15 is 0 Å². The second-order valence-electron chi connectivity index (χ2n) is 4.79. The van der Waals surface area contributed by atoms with Crippen molar-refractivity contribution in [2.75, 3.05) is 5.32 Å². The van der Waals surface area contributed by atoms with E-state index in [2.05, 4.69) is 21.2 Å². The summed E-state index contributed by atoms with van der Waals surface area (Å²) < 4.78 is 0. The number of anilines is 1. The number of aromatic nitrogens is 1. The van der Waals surface area contributed by atoms with Crippen molar-refractivity contribution in [1.29, 1.82) is 0 Å². The van der Waals surface area contributed by atoms with Crippen LogP contribution in [0.25, 0.3) is 0 Å². The van der Waals surface area contributed by atoms with E-state index in [-0.39, 0.29) is 41.4 Å². The molecule has 0 spiro atoms. The number of hydrogen-bond donors (Lipinski definition) is 2. The van der Waals surface area contributed by atoms with E-state index in [1.165, 1.54) is 0 Å². The molecule has 0 saturated heterocycles. The number of aliphatic imine (C=N–C) groups is 1. The first-order valence-corrected chi connectivity index (χ1v) is 5.41. The standard InChI is InChI=1S/C13H18N4.HI/c1-5-10(13(2,3)4)16-12(14)17-11-8-6-7-9-15-11;/h1,6-10H,2-4H3,(H3,14,15,16,17);1H. The molecule has 0 aliphatic carbocycles. The van der Waals surface area contributed by atoms with Gasteiger partial charge in [0.25, 0.3) is 0 Å². The van der Waals surface area contributed by atoms with Gasteiger partial charge in [0.1, 0.15) is 11.9 Å². The van der Waals surface area contributed by atoms with E-state index in [0.29, 0.717) is 5.82 Å². The second kappa shape index (κ2) is 7.21. The first-order valence-electron chi connectivity index (χ1n) is 5.41. The van der Waals surface area contributed by atoms with Gasteiger partial charge in [0.2, 0.25) is 0 Å². The molecule has 0 saturated carbocycles. The lowest BCUT2D eigenvalue weighted by molar-refractivity contribution is 0.376. The van der Waals surface area contributed by atoms with Gasteiger partial charge in [0.15, 0.2) is 5.96 Å². The molecule has 18 heavy (non-hydrogen) atoms. The van der Waals surface area contributed by atoms with Gasteiger partial charge >= 0.3 is 0 Å². The molecule has 1 atom stereocenters. The molecule has 1 rings (SSSR count). The highest BCUT2D eigenvalue weighted by atomic mass is 127. The zero-order valence-corrected chi connectivity index (χ0v) is 13.2. The van der Waals surface area contributed by atoms with E-state index in [0.717, 1.165) is 0 Å². The Morgan fingerprint density at radius 3 is 2.61 bits per heavy atom. The average molecular weight is 358 g/mol. The van der Waals surface area contributed by atoms with Crippen LogP contribution in [0.2, 0.25) is 0 Å². The monoisotopic (exact) mass is 358 g/mol. The summed E-state index contributed by atoms with van der Waals surface area (Å²) in [6.45, 7) is 6.07. The van der Waals surface area contributed by atoms with Gasteiger partial charge in [-0.2, -0.15) is 0 Å². The summed E-state index contributed by atoms with van der Waals surface area (Å²) in [6.07, 6.45) is 7.12. The summed E-state index contributed by atoms with van der Waals surface area (Å²) in [6, 6.07) is 5.24. The van der Waals surface area contributed by atoms with Crippen molar-refractivity contribution < 1.29 is 0 Å². The lowest BCUT2D eigenvalue weighted by Crippen LogP contribution is -2.30. The van der Waals surface area contributed by atoms with E-state index in [1.807, 2.05) is 39.0 Å². The zero-order chi connectivity index (χ0) is 12.9. The maximum Gasteiger partial charge on any atom is 0.195 e. The van der Waals surface area contributed by atoms with Crippen LogP contribution in [0.15, 0.2) is 29.4 Å². The highest BCUT2D eigenvalue weighted by molar-refractivity contribution is 14.0. The van der Waals surface area contributed by atoms with Gasteiger partial charge in [-0.3, -0.25) is 0 Å². The van der Waals surface area contributed by atoms with Gasteiger partial charge in [-0.15, -0.1) is 30.4 Å². The predicted molar refractivity (Wildman–Crippen MR) is 87.0 cm³/mol. The first-order chi connectivity index (χ1) is 7.93. The number of guanidine groups is 1. The minimum atomic E-state index is -0.265. The molecular weight excluding hydrogens is 339 g/mol. The van der Waals surface area contributed by atoms with Crippen molar-refractivity contribution >= 4 is 35.8 Å². The van der Waals surface area contributed by atoms with E-state index < -0.39 is 0 Å². The molecule has 0 bridgehead atoms. The highest BCUT2D eigenvalue weighted by Crippen LogP contribution is 2.21. The molecule has 1 heterocycles. The highest BCUT2D eigenvalue weighted by Gasteiger charge is 2.22. The number of nitrogens with zero attached hydrogens (tertiary/aromatic N) is 2. The number of terminal acetylenes is 1. The minimum Gasteiger partial charge on any atom is -0.370 e. The van der Waals surface area contributed by atoms with Gasteiger partial charge in [-0.05, 0) is 17.5 Å². The maximum absolute atomic E-state index is 5.78. The van der Waals surface area contributed by atoms with Crippen molar-refractivity contribution in [2.24, 2.45) is 16.1 Å². The second-order valence-corrected chi connectivity index (χ2v) is 4.79. The van der Waals surface area contributed by atoms with Crippen molar-refractivity contribution in [3.05, 3.63) is 24.4 Å². The van der Waals surface area contributed by atoms with Crippen LogP contribution in [0.3, 0.4) is 0 Å². The van der Waals surface area contributed by atoms with Crippen LogP contribution in [0.5, 0.6) is 0 Å². The third kappa shape index (κ3) is 5.36. The largest absolute Gasteiger partial charge is 0.370 e. The number of rotatable bonds is 2. The van der Waals surface area contributed by atoms with Crippen LogP contribution in [0, 0.1) is 17.8 Å². The van der Waals surface area contributed by atoms with Gasteiger partial charge in [0.05, 0.1) is 0 Å². The summed E-state index contributed by atoms with van der Waals surface area (Å²) >= 11 is 0. The summed E-state index contributed by atoms with van der Waals surface area (Å²) in [5.41, 5.74) is 5.66. The van der Waals surface area contributed by atoms with E-state index in [1.54, 1.807) is 6.20 Å². The van der Waals surface area contributed by atoms with Gasteiger partial charge in [0, 0.05) is 6.20 Å². The Kier molecular flexibility index (Phi) is 6.70. The SMILES string of the molecule is C#CC(N=C(N)Nc1ccccn1)C(C)(C)C.I. The molecule has 0 aliphatic rings. The van der Waals surface area contributed by atoms with E-state index in [4.69, 9.17) is 12.2 Å². The fourth-order valence-corrected chi connectivity index (χ4v) is 1.22. The molecule has 0 aliphatic heterocycles. The van der Waals surface area contributed by atoms with Crippen LogP contribution in [0.1, 0.15) is 20.8 Å². The van der Waals surface area contributed by atoms with Crippen LogP contribution >= 0.6 is 24.0 Å². The zero-order valence-electron chi connectivity index (χ0n) is 10.8. The van der Waals surface area contributed by atoms with Gasteiger partial charge < -0.3 is 11.1 Å². The number of halogens is 1. The van der Waals surface area contributed by atoms with Crippen LogP contribution in [-0.4, -0.2) is 17.0 Å². The summed E-state index contributed by atoms with van der Waals surface area (Å²) in [5.74, 6) is 3.56.